The minimum Gasteiger partial charge on any atom is -0.289 e. The van der Waals surface area contributed by atoms with Crippen LogP contribution in [0.1, 0.15) is 22.8 Å². The molecular formula is C18H14BrClO. The lowest BCUT2D eigenvalue weighted by Crippen LogP contribution is -1.94. The van der Waals surface area contributed by atoms with Gasteiger partial charge in [-0.15, -0.1) is 0 Å². The summed E-state index contributed by atoms with van der Waals surface area (Å²) in [5.41, 5.74) is 2.62. The normalized spacial score (nSPS) is 12.3. The van der Waals surface area contributed by atoms with Crippen molar-refractivity contribution in [2.45, 2.75) is 6.92 Å². The number of carbonyl (C=O) groups excluding carboxylic acids is 1. The maximum absolute atomic E-state index is 12.2. The topological polar surface area (TPSA) is 17.1 Å². The zero-order valence-electron chi connectivity index (χ0n) is 11.5. The Labute approximate surface area is 138 Å². The summed E-state index contributed by atoms with van der Waals surface area (Å²) in [7, 11) is 0. The monoisotopic (exact) mass is 360 g/mol. The van der Waals surface area contributed by atoms with Crippen molar-refractivity contribution in [3.63, 3.8) is 0 Å². The molecule has 0 spiro atoms. The summed E-state index contributed by atoms with van der Waals surface area (Å²) in [4.78, 5) is 12.2. The van der Waals surface area contributed by atoms with Crippen molar-refractivity contribution < 1.29 is 4.79 Å². The van der Waals surface area contributed by atoms with Gasteiger partial charge >= 0.3 is 0 Å². The Hall–Kier alpha value is -1.64. The number of carbonyl (C=O) groups is 1. The Morgan fingerprint density at radius 1 is 1.00 bits per heavy atom. The summed E-state index contributed by atoms with van der Waals surface area (Å²) in [6.45, 7) is 1.95. The number of halogens is 2. The first kappa shape index (κ1) is 15.7. The van der Waals surface area contributed by atoms with Gasteiger partial charge in [0, 0.05) is 10.6 Å². The van der Waals surface area contributed by atoms with Crippen molar-refractivity contribution >= 4 is 38.9 Å². The predicted octanol–water partition coefficient (Wildman–Crippen LogP) is 5.91. The molecule has 0 radical (unpaired) electrons. The van der Waals surface area contributed by atoms with Crippen molar-refractivity contribution in [2.75, 3.05) is 0 Å². The number of rotatable bonds is 4. The van der Waals surface area contributed by atoms with Gasteiger partial charge < -0.3 is 0 Å². The Morgan fingerprint density at radius 3 is 2.29 bits per heavy atom. The van der Waals surface area contributed by atoms with Gasteiger partial charge in [-0.1, -0.05) is 70.0 Å². The number of allylic oxidation sites excluding steroid dienone is 4. The summed E-state index contributed by atoms with van der Waals surface area (Å²) in [5, 5.41) is 0.560. The first-order valence-corrected chi connectivity index (χ1v) is 7.65. The van der Waals surface area contributed by atoms with Crippen LogP contribution >= 0.6 is 27.5 Å². The number of hydrogen-bond acceptors (Lipinski definition) is 1. The predicted molar refractivity (Wildman–Crippen MR) is 92.9 cm³/mol. The molecule has 0 aliphatic carbocycles. The highest BCUT2D eigenvalue weighted by molar-refractivity contribution is 9.11. The van der Waals surface area contributed by atoms with Crippen LogP contribution in [0.2, 0.25) is 5.02 Å². The van der Waals surface area contributed by atoms with E-state index in [1.807, 2.05) is 43.3 Å². The molecule has 0 amide bonds. The van der Waals surface area contributed by atoms with Gasteiger partial charge in [0.1, 0.15) is 0 Å². The fraction of sp³-hybridized carbons (Fsp3) is 0.0556. The van der Waals surface area contributed by atoms with Gasteiger partial charge in [-0.2, -0.15) is 0 Å². The fourth-order valence-electron chi connectivity index (χ4n) is 1.92. The first-order valence-electron chi connectivity index (χ1n) is 6.47. The minimum atomic E-state index is -0.0697. The maximum Gasteiger partial charge on any atom is 0.185 e. The van der Waals surface area contributed by atoms with Gasteiger partial charge in [0.25, 0.3) is 0 Å². The van der Waals surface area contributed by atoms with E-state index >= 15 is 0 Å². The van der Waals surface area contributed by atoms with Gasteiger partial charge in [-0.25, -0.2) is 0 Å². The molecule has 3 heteroatoms. The number of hydrogen-bond donors (Lipinski definition) is 0. The Kier molecular flexibility index (Phi) is 5.54. The molecule has 0 heterocycles. The Balaban J connectivity index is 2.26. The average Bonchev–Trinajstić information content (AvgIpc) is 2.48. The summed E-state index contributed by atoms with van der Waals surface area (Å²) >= 11 is 9.40. The van der Waals surface area contributed by atoms with Crippen LogP contribution in [0.5, 0.6) is 0 Å². The van der Waals surface area contributed by atoms with Gasteiger partial charge in [0.15, 0.2) is 5.78 Å². The molecule has 0 fully saturated rings. The highest BCUT2D eigenvalue weighted by Gasteiger charge is 2.04. The lowest BCUT2D eigenvalue weighted by atomic mass is 10.0. The summed E-state index contributed by atoms with van der Waals surface area (Å²) in [5.74, 6) is -0.0697. The van der Waals surface area contributed by atoms with E-state index in [4.69, 9.17) is 11.6 Å². The molecule has 0 saturated carbocycles. The molecule has 0 aliphatic heterocycles. The molecule has 21 heavy (non-hydrogen) atoms. The standard InChI is InChI=1S/C18H14BrClO/c1-13(19)17(14-6-3-2-4-7-14)10-11-18(21)15-8-5-9-16(20)12-15/h2-12H,1H3. The van der Waals surface area contributed by atoms with Crippen molar-refractivity contribution in [2.24, 2.45) is 0 Å². The molecular weight excluding hydrogens is 348 g/mol. The molecule has 1 nitrogen and oxygen atoms in total. The lowest BCUT2D eigenvalue weighted by molar-refractivity contribution is 0.104. The smallest absolute Gasteiger partial charge is 0.185 e. The second-order valence-electron chi connectivity index (χ2n) is 4.52. The van der Waals surface area contributed by atoms with E-state index in [1.54, 1.807) is 30.3 Å². The summed E-state index contributed by atoms with van der Waals surface area (Å²) in [6, 6.07) is 16.9. The van der Waals surface area contributed by atoms with Crippen LogP contribution in [0.25, 0.3) is 5.57 Å². The maximum atomic E-state index is 12.2. The van der Waals surface area contributed by atoms with E-state index in [9.17, 15) is 4.79 Å². The van der Waals surface area contributed by atoms with E-state index in [1.165, 1.54) is 0 Å². The van der Waals surface area contributed by atoms with Crippen LogP contribution in [-0.2, 0) is 0 Å². The van der Waals surface area contributed by atoms with Crippen LogP contribution in [-0.4, -0.2) is 5.78 Å². The first-order chi connectivity index (χ1) is 10.1. The Morgan fingerprint density at radius 2 is 1.67 bits per heavy atom. The molecule has 2 rings (SSSR count). The van der Waals surface area contributed by atoms with E-state index in [0.29, 0.717) is 10.6 Å². The Bertz CT molecular complexity index is 698. The van der Waals surface area contributed by atoms with Crippen molar-refractivity contribution in [1.82, 2.24) is 0 Å². The SMILES string of the molecule is CC(Br)=C(C=CC(=O)c1cccc(Cl)c1)c1ccccc1. The molecule has 0 saturated heterocycles. The van der Waals surface area contributed by atoms with Crippen LogP contribution in [0.4, 0.5) is 0 Å². The molecule has 0 aromatic heterocycles. The van der Waals surface area contributed by atoms with Crippen LogP contribution in [0.15, 0.2) is 71.2 Å². The van der Waals surface area contributed by atoms with Crippen molar-refractivity contribution in [3.8, 4) is 0 Å². The van der Waals surface area contributed by atoms with E-state index in [2.05, 4.69) is 15.9 Å². The second kappa shape index (κ2) is 7.39. The summed E-state index contributed by atoms with van der Waals surface area (Å²) < 4.78 is 0.976. The average molecular weight is 362 g/mol. The lowest BCUT2D eigenvalue weighted by Gasteiger charge is -2.04. The van der Waals surface area contributed by atoms with Gasteiger partial charge in [-0.3, -0.25) is 4.79 Å². The zero-order valence-corrected chi connectivity index (χ0v) is 13.9. The van der Waals surface area contributed by atoms with Crippen LogP contribution in [0.3, 0.4) is 0 Å². The fourth-order valence-corrected chi connectivity index (χ4v) is 2.48. The van der Waals surface area contributed by atoms with E-state index < -0.39 is 0 Å². The molecule has 2 aromatic rings. The second-order valence-corrected chi connectivity index (χ2v) is 6.15. The highest BCUT2D eigenvalue weighted by atomic mass is 79.9. The number of benzene rings is 2. The molecule has 106 valence electrons. The third-order valence-corrected chi connectivity index (χ3v) is 3.63. The summed E-state index contributed by atoms with van der Waals surface area (Å²) in [6.07, 6.45) is 3.39. The van der Waals surface area contributed by atoms with Crippen LogP contribution < -0.4 is 0 Å². The van der Waals surface area contributed by atoms with Crippen molar-refractivity contribution in [1.29, 1.82) is 0 Å². The molecule has 0 atom stereocenters. The molecule has 0 unspecified atom stereocenters. The van der Waals surface area contributed by atoms with Gasteiger partial charge in [-0.05, 0) is 46.8 Å². The largest absolute Gasteiger partial charge is 0.289 e. The molecule has 2 aromatic carbocycles. The van der Waals surface area contributed by atoms with Gasteiger partial charge in [0.05, 0.1) is 0 Å². The van der Waals surface area contributed by atoms with Crippen LogP contribution in [0, 0.1) is 0 Å². The van der Waals surface area contributed by atoms with E-state index in [0.717, 1.165) is 15.6 Å². The minimum absolute atomic E-state index is 0.0697. The number of ketones is 1. The zero-order chi connectivity index (χ0) is 15.2. The molecule has 0 aliphatic rings. The quantitative estimate of drug-likeness (QED) is 0.376. The van der Waals surface area contributed by atoms with Gasteiger partial charge in [0.2, 0.25) is 0 Å². The third-order valence-electron chi connectivity index (χ3n) is 2.97. The molecule has 0 N–H and O–H groups in total. The van der Waals surface area contributed by atoms with Crippen molar-refractivity contribution in [3.05, 3.63) is 87.4 Å². The molecule has 0 bridgehead atoms. The van der Waals surface area contributed by atoms with E-state index in [-0.39, 0.29) is 5.78 Å². The third kappa shape index (κ3) is 4.42. The highest BCUT2D eigenvalue weighted by Crippen LogP contribution is 2.24.